The number of hydrogen-bond donors (Lipinski definition) is 0. The van der Waals surface area contributed by atoms with Gasteiger partial charge in [-0.05, 0) is 60.6 Å². The van der Waals surface area contributed by atoms with Crippen LogP contribution in [0.5, 0.6) is 0 Å². The molecule has 160 valence electrons. The van der Waals surface area contributed by atoms with Crippen LogP contribution in [-0.4, -0.2) is 41.3 Å². The highest BCUT2D eigenvalue weighted by molar-refractivity contribution is 7.92. The minimum Gasteiger partial charge on any atom is -0.337 e. The topological polar surface area (TPSA) is 67.3 Å². The Morgan fingerprint density at radius 1 is 1.07 bits per heavy atom. The molecule has 30 heavy (non-hydrogen) atoms. The fourth-order valence-electron chi connectivity index (χ4n) is 5.03. The van der Waals surface area contributed by atoms with Gasteiger partial charge in [0.1, 0.15) is 0 Å². The molecule has 2 fully saturated rings. The first kappa shape index (κ1) is 21.3. The summed E-state index contributed by atoms with van der Waals surface area (Å²) in [4.78, 5) is 19.0. The Balaban J connectivity index is 1.62. The van der Waals surface area contributed by atoms with E-state index in [0.717, 1.165) is 30.4 Å². The molecule has 2 unspecified atom stereocenters. The Bertz CT molecular complexity index is 995. The van der Waals surface area contributed by atoms with Crippen molar-refractivity contribution in [1.82, 2.24) is 9.88 Å². The van der Waals surface area contributed by atoms with Crippen molar-refractivity contribution in [1.29, 1.82) is 0 Å². The number of carbonyl (C=O) groups is 1. The van der Waals surface area contributed by atoms with E-state index in [9.17, 15) is 13.2 Å². The molecule has 2 aliphatic rings. The van der Waals surface area contributed by atoms with Crippen LogP contribution in [-0.2, 0) is 27.6 Å². The zero-order valence-electron chi connectivity index (χ0n) is 17.0. The molecule has 0 N–H and O–H groups in total. The maximum atomic E-state index is 13.6. The van der Waals surface area contributed by atoms with Crippen molar-refractivity contribution in [3.8, 4) is 0 Å². The standard InChI is InChI=1S/C23H27ClN2O3S/c24-21-6-4-18(5-7-21)15-20-3-1-2-10-23(20)16-22(27)26(13-14-30(23,28)29)17-19-8-11-25-12-9-19/h4-9,11-12,20H,1-3,10,13-17H2. The van der Waals surface area contributed by atoms with Crippen molar-refractivity contribution in [2.24, 2.45) is 5.92 Å². The van der Waals surface area contributed by atoms with Gasteiger partial charge in [-0.1, -0.05) is 36.6 Å². The molecule has 4 rings (SSSR count). The largest absolute Gasteiger partial charge is 0.337 e. The average Bonchev–Trinajstić information content (AvgIpc) is 2.82. The molecule has 2 atom stereocenters. The van der Waals surface area contributed by atoms with E-state index in [1.54, 1.807) is 17.3 Å². The van der Waals surface area contributed by atoms with Crippen molar-refractivity contribution >= 4 is 27.3 Å². The monoisotopic (exact) mass is 446 g/mol. The van der Waals surface area contributed by atoms with Gasteiger partial charge in [0, 0.05) is 36.9 Å². The lowest BCUT2D eigenvalue weighted by molar-refractivity contribution is -0.132. The van der Waals surface area contributed by atoms with Gasteiger partial charge in [-0.15, -0.1) is 0 Å². The minimum absolute atomic E-state index is 0.0287. The van der Waals surface area contributed by atoms with Crippen LogP contribution in [0, 0.1) is 5.92 Å². The second-order valence-corrected chi connectivity index (χ2v) is 11.4. The summed E-state index contributed by atoms with van der Waals surface area (Å²) in [6.45, 7) is 0.674. The zero-order valence-corrected chi connectivity index (χ0v) is 18.5. The first-order valence-electron chi connectivity index (χ1n) is 10.5. The summed E-state index contributed by atoms with van der Waals surface area (Å²) >= 11 is 6.02. The van der Waals surface area contributed by atoms with Crippen LogP contribution < -0.4 is 0 Å². The minimum atomic E-state index is -3.42. The predicted molar refractivity (Wildman–Crippen MR) is 118 cm³/mol. The van der Waals surface area contributed by atoms with Crippen molar-refractivity contribution in [3.05, 3.63) is 64.9 Å². The van der Waals surface area contributed by atoms with Gasteiger partial charge in [-0.2, -0.15) is 0 Å². The van der Waals surface area contributed by atoms with E-state index in [2.05, 4.69) is 4.98 Å². The van der Waals surface area contributed by atoms with Crippen LogP contribution >= 0.6 is 11.6 Å². The van der Waals surface area contributed by atoms with Gasteiger partial charge in [0.15, 0.2) is 9.84 Å². The molecule has 5 nitrogen and oxygen atoms in total. The summed E-state index contributed by atoms with van der Waals surface area (Å²) in [6.07, 6.45) is 7.39. The maximum absolute atomic E-state index is 13.6. The van der Waals surface area contributed by atoms with Crippen molar-refractivity contribution < 1.29 is 13.2 Å². The van der Waals surface area contributed by atoms with Crippen molar-refractivity contribution in [3.63, 3.8) is 0 Å². The molecule has 2 heterocycles. The van der Waals surface area contributed by atoms with Gasteiger partial charge in [0.25, 0.3) is 0 Å². The third kappa shape index (κ3) is 4.26. The van der Waals surface area contributed by atoms with E-state index in [1.165, 1.54) is 0 Å². The van der Waals surface area contributed by atoms with Gasteiger partial charge in [0.2, 0.25) is 5.91 Å². The number of pyridine rings is 1. The van der Waals surface area contributed by atoms with Crippen LogP contribution in [0.15, 0.2) is 48.8 Å². The van der Waals surface area contributed by atoms with E-state index in [0.29, 0.717) is 24.4 Å². The number of amides is 1. The van der Waals surface area contributed by atoms with E-state index >= 15 is 0 Å². The second kappa shape index (κ2) is 8.67. The Labute approximate surface area is 183 Å². The molecule has 1 spiro atoms. The van der Waals surface area contributed by atoms with E-state index in [-0.39, 0.29) is 30.5 Å². The molecule has 0 bridgehead atoms. The molecule has 2 aromatic rings. The van der Waals surface area contributed by atoms with Crippen LogP contribution in [0.2, 0.25) is 5.02 Å². The molecule has 1 saturated carbocycles. The number of carbonyl (C=O) groups excluding carboxylic acids is 1. The Hall–Kier alpha value is -1.92. The molecular weight excluding hydrogens is 420 g/mol. The van der Waals surface area contributed by atoms with E-state index in [1.807, 2.05) is 36.4 Å². The lowest BCUT2D eigenvalue weighted by atomic mass is 9.73. The third-order valence-electron chi connectivity index (χ3n) is 6.72. The number of nitrogens with zero attached hydrogens (tertiary/aromatic N) is 2. The highest BCUT2D eigenvalue weighted by Gasteiger charge is 2.53. The molecule has 1 aliphatic carbocycles. The second-order valence-electron chi connectivity index (χ2n) is 8.50. The predicted octanol–water partition coefficient (Wildman–Crippen LogP) is 4.05. The molecule has 0 radical (unpaired) electrons. The first-order chi connectivity index (χ1) is 14.4. The SMILES string of the molecule is O=C1CC2(CCCCC2Cc2ccc(Cl)cc2)S(=O)(=O)CCN1Cc1ccncc1. The molecule has 1 aromatic carbocycles. The number of hydrogen-bond acceptors (Lipinski definition) is 4. The molecule has 7 heteroatoms. The number of rotatable bonds is 4. The Kier molecular flexibility index (Phi) is 6.16. The quantitative estimate of drug-likeness (QED) is 0.710. The first-order valence-corrected chi connectivity index (χ1v) is 12.6. The summed E-state index contributed by atoms with van der Waals surface area (Å²) in [5.74, 6) is -0.0841. The fourth-order valence-corrected chi connectivity index (χ4v) is 7.53. The van der Waals surface area contributed by atoms with Crippen molar-refractivity contribution in [2.45, 2.75) is 49.8 Å². The van der Waals surface area contributed by atoms with E-state index < -0.39 is 14.6 Å². The van der Waals surface area contributed by atoms with Crippen molar-refractivity contribution in [2.75, 3.05) is 12.3 Å². The molecule has 1 aromatic heterocycles. The maximum Gasteiger partial charge on any atom is 0.224 e. The highest BCUT2D eigenvalue weighted by Crippen LogP contribution is 2.46. The van der Waals surface area contributed by atoms with Gasteiger partial charge >= 0.3 is 0 Å². The van der Waals surface area contributed by atoms with Crippen LogP contribution in [0.1, 0.15) is 43.2 Å². The van der Waals surface area contributed by atoms with Gasteiger partial charge in [-0.3, -0.25) is 9.78 Å². The molecule has 1 aliphatic heterocycles. The third-order valence-corrected chi connectivity index (χ3v) is 9.61. The average molecular weight is 447 g/mol. The summed E-state index contributed by atoms with van der Waals surface area (Å²) in [6, 6.07) is 11.3. The van der Waals surface area contributed by atoms with Crippen LogP contribution in [0.25, 0.3) is 0 Å². The normalized spacial score (nSPS) is 26.5. The van der Waals surface area contributed by atoms with Crippen LogP contribution in [0.4, 0.5) is 0 Å². The molecule has 1 saturated heterocycles. The number of aromatic nitrogens is 1. The lowest BCUT2D eigenvalue weighted by Gasteiger charge is -2.42. The Morgan fingerprint density at radius 2 is 1.80 bits per heavy atom. The number of halogens is 1. The summed E-state index contributed by atoms with van der Waals surface area (Å²) < 4.78 is 26.2. The smallest absolute Gasteiger partial charge is 0.224 e. The number of benzene rings is 1. The summed E-state index contributed by atoms with van der Waals surface area (Å²) in [5, 5.41) is 0.668. The van der Waals surface area contributed by atoms with Gasteiger partial charge in [0.05, 0.1) is 10.5 Å². The van der Waals surface area contributed by atoms with Gasteiger partial charge < -0.3 is 4.90 Å². The molecular formula is C23H27ClN2O3S. The zero-order chi connectivity index (χ0) is 21.2. The summed E-state index contributed by atoms with van der Waals surface area (Å²) in [5.41, 5.74) is 2.04. The summed E-state index contributed by atoms with van der Waals surface area (Å²) in [7, 11) is -3.42. The van der Waals surface area contributed by atoms with E-state index in [4.69, 9.17) is 11.6 Å². The fraction of sp³-hybridized carbons (Fsp3) is 0.478. The number of sulfone groups is 1. The Morgan fingerprint density at radius 3 is 2.53 bits per heavy atom. The highest BCUT2D eigenvalue weighted by atomic mass is 35.5. The molecule has 1 amide bonds. The van der Waals surface area contributed by atoms with Crippen LogP contribution in [0.3, 0.4) is 0 Å². The lowest BCUT2D eigenvalue weighted by Crippen LogP contribution is -2.50. The van der Waals surface area contributed by atoms with Gasteiger partial charge in [-0.25, -0.2) is 8.42 Å².